The van der Waals surface area contributed by atoms with Gasteiger partial charge in [-0.3, -0.25) is 0 Å². The molecule has 0 spiro atoms. The van der Waals surface area contributed by atoms with Crippen LogP contribution in [0, 0.1) is 5.92 Å². The van der Waals surface area contributed by atoms with E-state index in [2.05, 4.69) is 25.7 Å². The van der Waals surface area contributed by atoms with Crippen molar-refractivity contribution in [3.63, 3.8) is 0 Å². The van der Waals surface area contributed by atoms with Gasteiger partial charge in [0.05, 0.1) is 6.10 Å². The summed E-state index contributed by atoms with van der Waals surface area (Å²) in [6.45, 7) is 11.4. The van der Waals surface area contributed by atoms with Crippen LogP contribution in [0.15, 0.2) is 0 Å². The van der Waals surface area contributed by atoms with E-state index in [1.165, 1.54) is 6.42 Å². The molecule has 0 bridgehead atoms. The fraction of sp³-hybridized carbons (Fsp3) is 1.00. The summed E-state index contributed by atoms with van der Waals surface area (Å²) in [4.78, 5) is 2.30. The second-order valence-electron chi connectivity index (χ2n) is 3.71. The average molecular weight is 173 g/mol. The first kappa shape index (κ1) is 11.9. The molecule has 74 valence electrons. The highest BCUT2D eigenvalue weighted by molar-refractivity contribution is 4.62. The number of aliphatic hydroxyl groups is 1. The molecule has 12 heavy (non-hydrogen) atoms. The minimum atomic E-state index is -0.200. The summed E-state index contributed by atoms with van der Waals surface area (Å²) < 4.78 is 0. The van der Waals surface area contributed by atoms with Crippen molar-refractivity contribution in [3.05, 3.63) is 0 Å². The Hall–Kier alpha value is -0.0800. The number of hydrogen-bond acceptors (Lipinski definition) is 2. The Morgan fingerprint density at radius 2 is 1.75 bits per heavy atom. The maximum atomic E-state index is 9.20. The number of aliphatic hydroxyl groups excluding tert-OH is 1. The molecular weight excluding hydrogens is 150 g/mol. The topological polar surface area (TPSA) is 23.5 Å². The molecule has 0 radical (unpaired) electrons. The van der Waals surface area contributed by atoms with Crippen LogP contribution in [0.2, 0.25) is 0 Å². The Kier molecular flexibility index (Phi) is 6.39. The third-order valence-corrected chi connectivity index (χ3v) is 2.24. The van der Waals surface area contributed by atoms with Crippen molar-refractivity contribution in [1.82, 2.24) is 4.90 Å². The molecule has 0 saturated heterocycles. The quantitative estimate of drug-likeness (QED) is 0.661. The first-order chi connectivity index (χ1) is 5.60. The molecular formula is C10H23NO. The van der Waals surface area contributed by atoms with E-state index in [9.17, 15) is 5.11 Å². The Bertz CT molecular complexity index is 104. The molecule has 2 unspecified atom stereocenters. The molecule has 2 heteroatoms. The maximum Gasteiger partial charge on any atom is 0.0639 e. The van der Waals surface area contributed by atoms with Gasteiger partial charge in [-0.25, -0.2) is 0 Å². The molecule has 1 N–H and O–H groups in total. The third-order valence-electron chi connectivity index (χ3n) is 2.24. The normalized spacial score (nSPS) is 16.5. The van der Waals surface area contributed by atoms with Gasteiger partial charge in [-0.2, -0.15) is 0 Å². The second kappa shape index (κ2) is 6.44. The van der Waals surface area contributed by atoms with E-state index < -0.39 is 0 Å². The summed E-state index contributed by atoms with van der Waals surface area (Å²) in [5.41, 5.74) is 0. The monoisotopic (exact) mass is 173 g/mol. The Morgan fingerprint density at radius 1 is 1.17 bits per heavy atom. The van der Waals surface area contributed by atoms with Gasteiger partial charge in [-0.1, -0.05) is 27.2 Å². The van der Waals surface area contributed by atoms with E-state index >= 15 is 0 Å². The van der Waals surface area contributed by atoms with Gasteiger partial charge in [0.25, 0.3) is 0 Å². The van der Waals surface area contributed by atoms with E-state index in [0.29, 0.717) is 0 Å². The lowest BCUT2D eigenvalue weighted by Gasteiger charge is -2.24. The molecule has 0 aliphatic carbocycles. The van der Waals surface area contributed by atoms with Crippen molar-refractivity contribution in [1.29, 1.82) is 0 Å². The van der Waals surface area contributed by atoms with Crippen molar-refractivity contribution < 1.29 is 5.11 Å². The van der Waals surface area contributed by atoms with E-state index in [4.69, 9.17) is 0 Å². The van der Waals surface area contributed by atoms with Crippen LogP contribution in [0.1, 0.15) is 34.1 Å². The first-order valence-electron chi connectivity index (χ1n) is 5.00. The van der Waals surface area contributed by atoms with Crippen molar-refractivity contribution in [2.75, 3.05) is 19.6 Å². The maximum absolute atomic E-state index is 9.20. The Balaban J connectivity index is 3.66. The van der Waals surface area contributed by atoms with Crippen LogP contribution in [0.4, 0.5) is 0 Å². The van der Waals surface area contributed by atoms with Gasteiger partial charge in [-0.05, 0) is 19.4 Å². The van der Waals surface area contributed by atoms with E-state index in [-0.39, 0.29) is 6.10 Å². The number of hydrogen-bond donors (Lipinski definition) is 1. The lowest BCUT2D eigenvalue weighted by atomic mass is 10.1. The third kappa shape index (κ3) is 5.56. The molecule has 0 aromatic rings. The summed E-state index contributed by atoms with van der Waals surface area (Å²) in [5, 5.41) is 9.20. The SMILES string of the molecule is CCC(C)CN(CC)CC(C)O. The molecule has 0 saturated carbocycles. The van der Waals surface area contributed by atoms with Crippen LogP contribution in [-0.4, -0.2) is 35.7 Å². The van der Waals surface area contributed by atoms with Crippen LogP contribution < -0.4 is 0 Å². The zero-order valence-corrected chi connectivity index (χ0v) is 8.88. The Morgan fingerprint density at radius 3 is 2.08 bits per heavy atom. The average Bonchev–Trinajstić information content (AvgIpc) is 2.02. The summed E-state index contributed by atoms with van der Waals surface area (Å²) >= 11 is 0. The molecule has 0 aromatic heterocycles. The predicted molar refractivity (Wildman–Crippen MR) is 53.2 cm³/mol. The van der Waals surface area contributed by atoms with Gasteiger partial charge >= 0.3 is 0 Å². The second-order valence-corrected chi connectivity index (χ2v) is 3.71. The molecule has 0 heterocycles. The van der Waals surface area contributed by atoms with E-state index in [1.807, 2.05) is 6.92 Å². The molecule has 0 aromatic carbocycles. The molecule has 2 atom stereocenters. The minimum Gasteiger partial charge on any atom is -0.392 e. The van der Waals surface area contributed by atoms with Crippen LogP contribution in [0.5, 0.6) is 0 Å². The van der Waals surface area contributed by atoms with Crippen LogP contribution in [-0.2, 0) is 0 Å². The highest BCUT2D eigenvalue weighted by Gasteiger charge is 2.08. The van der Waals surface area contributed by atoms with Crippen LogP contribution in [0.25, 0.3) is 0 Å². The van der Waals surface area contributed by atoms with E-state index in [0.717, 1.165) is 25.6 Å². The molecule has 0 aliphatic rings. The van der Waals surface area contributed by atoms with Gasteiger partial charge in [0.2, 0.25) is 0 Å². The molecule has 2 nitrogen and oxygen atoms in total. The van der Waals surface area contributed by atoms with Crippen molar-refractivity contribution in [2.24, 2.45) is 5.92 Å². The smallest absolute Gasteiger partial charge is 0.0639 e. The predicted octanol–water partition coefficient (Wildman–Crippen LogP) is 1.74. The lowest BCUT2D eigenvalue weighted by Crippen LogP contribution is -2.34. The fourth-order valence-corrected chi connectivity index (χ4v) is 1.28. The number of nitrogens with zero attached hydrogens (tertiary/aromatic N) is 1. The molecule has 0 rings (SSSR count). The van der Waals surface area contributed by atoms with Gasteiger partial charge in [0, 0.05) is 13.1 Å². The summed E-state index contributed by atoms with van der Waals surface area (Å²) in [5.74, 6) is 0.740. The largest absolute Gasteiger partial charge is 0.392 e. The summed E-state index contributed by atoms with van der Waals surface area (Å²) in [6.07, 6.45) is 1.02. The van der Waals surface area contributed by atoms with Gasteiger partial charge in [0.1, 0.15) is 0 Å². The van der Waals surface area contributed by atoms with Crippen molar-refractivity contribution in [2.45, 2.75) is 40.2 Å². The minimum absolute atomic E-state index is 0.200. The number of rotatable bonds is 6. The van der Waals surface area contributed by atoms with Crippen LogP contribution in [0.3, 0.4) is 0 Å². The first-order valence-corrected chi connectivity index (χ1v) is 5.00. The zero-order chi connectivity index (χ0) is 9.56. The van der Waals surface area contributed by atoms with Crippen molar-refractivity contribution >= 4 is 0 Å². The van der Waals surface area contributed by atoms with E-state index in [1.54, 1.807) is 0 Å². The summed E-state index contributed by atoms with van der Waals surface area (Å²) in [6, 6.07) is 0. The van der Waals surface area contributed by atoms with Gasteiger partial charge < -0.3 is 10.0 Å². The highest BCUT2D eigenvalue weighted by Crippen LogP contribution is 2.04. The Labute approximate surface area is 76.6 Å². The highest BCUT2D eigenvalue weighted by atomic mass is 16.3. The molecule has 0 amide bonds. The van der Waals surface area contributed by atoms with Crippen LogP contribution >= 0.6 is 0 Å². The van der Waals surface area contributed by atoms with Gasteiger partial charge in [0.15, 0.2) is 0 Å². The van der Waals surface area contributed by atoms with Gasteiger partial charge in [-0.15, -0.1) is 0 Å². The number of likely N-dealkylation sites (N-methyl/N-ethyl adjacent to an activating group) is 1. The summed E-state index contributed by atoms with van der Waals surface area (Å²) in [7, 11) is 0. The zero-order valence-electron chi connectivity index (χ0n) is 8.88. The fourth-order valence-electron chi connectivity index (χ4n) is 1.28. The standard InChI is InChI=1S/C10H23NO/c1-5-9(3)7-11(6-2)8-10(4)12/h9-10,12H,5-8H2,1-4H3. The molecule has 0 aliphatic heterocycles. The lowest BCUT2D eigenvalue weighted by molar-refractivity contribution is 0.120. The molecule has 0 fully saturated rings. The van der Waals surface area contributed by atoms with Crippen molar-refractivity contribution in [3.8, 4) is 0 Å².